The predicted molar refractivity (Wildman–Crippen MR) is 89.6 cm³/mol. The molecule has 2 rings (SSSR count). The Bertz CT molecular complexity index is 627. The van der Waals surface area contributed by atoms with E-state index in [9.17, 15) is 0 Å². The molecule has 0 saturated carbocycles. The van der Waals surface area contributed by atoms with Gasteiger partial charge in [0.25, 0.3) is 0 Å². The van der Waals surface area contributed by atoms with Crippen molar-refractivity contribution in [2.45, 2.75) is 32.7 Å². The van der Waals surface area contributed by atoms with Crippen LogP contribution in [0.3, 0.4) is 0 Å². The minimum atomic E-state index is 0.260. The van der Waals surface area contributed by atoms with Gasteiger partial charge in [0.15, 0.2) is 0 Å². The third kappa shape index (κ3) is 3.77. The van der Waals surface area contributed by atoms with Crippen molar-refractivity contribution in [3.05, 3.63) is 42.0 Å². The van der Waals surface area contributed by atoms with Crippen molar-refractivity contribution >= 4 is 10.8 Å². The summed E-state index contributed by atoms with van der Waals surface area (Å²) >= 11 is 0. The first-order valence-corrected chi connectivity index (χ1v) is 7.59. The highest BCUT2D eigenvalue weighted by atomic mass is 16.5. The molecule has 0 heterocycles. The van der Waals surface area contributed by atoms with Crippen LogP contribution in [0, 0.1) is 12.3 Å². The van der Waals surface area contributed by atoms with E-state index in [0.29, 0.717) is 13.0 Å². The highest BCUT2D eigenvalue weighted by Crippen LogP contribution is 2.33. The maximum absolute atomic E-state index is 6.01. The number of hydrogen-bond donors (Lipinski definition) is 1. The number of ether oxygens (including phenoxy) is 1. The van der Waals surface area contributed by atoms with E-state index in [1.165, 1.54) is 10.9 Å². The van der Waals surface area contributed by atoms with E-state index >= 15 is 0 Å². The highest BCUT2D eigenvalue weighted by Gasteiger charge is 2.14. The first-order valence-electron chi connectivity index (χ1n) is 7.59. The summed E-state index contributed by atoms with van der Waals surface area (Å²) in [6.07, 6.45) is 7.07. The standard InChI is InChI=1S/C19H23NO/c1-4-6-14-21-19-17(15(3)20-13-5-2)12-11-16-9-7-8-10-18(16)19/h1,7-12,15,20H,5-6,13-14H2,2-3H3. The topological polar surface area (TPSA) is 21.3 Å². The molecular weight excluding hydrogens is 258 g/mol. The number of fused-ring (bicyclic) bond motifs is 1. The molecule has 1 N–H and O–H groups in total. The van der Waals surface area contributed by atoms with Crippen LogP contribution in [0.15, 0.2) is 36.4 Å². The van der Waals surface area contributed by atoms with Crippen molar-refractivity contribution in [3.8, 4) is 18.1 Å². The summed E-state index contributed by atoms with van der Waals surface area (Å²) in [7, 11) is 0. The Morgan fingerprint density at radius 1 is 1.24 bits per heavy atom. The smallest absolute Gasteiger partial charge is 0.131 e. The molecule has 0 aliphatic carbocycles. The van der Waals surface area contributed by atoms with E-state index in [0.717, 1.165) is 24.1 Å². The molecule has 0 aliphatic heterocycles. The molecule has 0 aromatic heterocycles. The SMILES string of the molecule is C#CCCOc1c(C(C)NCCC)ccc2ccccc12. The van der Waals surface area contributed by atoms with Gasteiger partial charge < -0.3 is 10.1 Å². The maximum Gasteiger partial charge on any atom is 0.131 e. The molecule has 0 aliphatic rings. The van der Waals surface area contributed by atoms with Gasteiger partial charge in [-0.05, 0) is 25.3 Å². The highest BCUT2D eigenvalue weighted by molar-refractivity contribution is 5.89. The Balaban J connectivity index is 2.38. The van der Waals surface area contributed by atoms with Crippen LogP contribution in [0.2, 0.25) is 0 Å². The van der Waals surface area contributed by atoms with Gasteiger partial charge in [0.2, 0.25) is 0 Å². The van der Waals surface area contributed by atoms with Gasteiger partial charge in [-0.25, -0.2) is 0 Å². The van der Waals surface area contributed by atoms with Crippen LogP contribution in [0.4, 0.5) is 0 Å². The van der Waals surface area contributed by atoms with Crippen molar-refractivity contribution in [1.82, 2.24) is 5.32 Å². The fourth-order valence-corrected chi connectivity index (χ4v) is 2.44. The van der Waals surface area contributed by atoms with Gasteiger partial charge in [-0.2, -0.15) is 0 Å². The van der Waals surface area contributed by atoms with Gasteiger partial charge in [0.05, 0.1) is 6.61 Å². The second kappa shape index (κ2) is 7.71. The van der Waals surface area contributed by atoms with Crippen LogP contribution in [-0.2, 0) is 0 Å². The Morgan fingerprint density at radius 2 is 2.05 bits per heavy atom. The van der Waals surface area contributed by atoms with Crippen LogP contribution >= 0.6 is 0 Å². The summed E-state index contributed by atoms with van der Waals surface area (Å²) in [5.74, 6) is 3.59. The first kappa shape index (κ1) is 15.4. The van der Waals surface area contributed by atoms with Crippen LogP contribution in [0.25, 0.3) is 10.8 Å². The zero-order valence-electron chi connectivity index (χ0n) is 12.9. The third-order valence-corrected chi connectivity index (χ3v) is 3.57. The molecule has 110 valence electrons. The molecule has 0 fully saturated rings. The van der Waals surface area contributed by atoms with Gasteiger partial charge >= 0.3 is 0 Å². The van der Waals surface area contributed by atoms with E-state index in [1.807, 2.05) is 12.1 Å². The summed E-state index contributed by atoms with van der Waals surface area (Å²) in [6.45, 7) is 5.90. The lowest BCUT2D eigenvalue weighted by Gasteiger charge is -2.20. The third-order valence-electron chi connectivity index (χ3n) is 3.57. The quantitative estimate of drug-likeness (QED) is 0.603. The fraction of sp³-hybridized carbons (Fsp3) is 0.368. The van der Waals surface area contributed by atoms with Gasteiger partial charge in [-0.1, -0.05) is 43.3 Å². The Labute approximate surface area is 127 Å². The van der Waals surface area contributed by atoms with Crippen molar-refractivity contribution in [3.63, 3.8) is 0 Å². The van der Waals surface area contributed by atoms with Gasteiger partial charge in [0.1, 0.15) is 5.75 Å². The Kier molecular flexibility index (Phi) is 5.66. The van der Waals surface area contributed by atoms with Gasteiger partial charge in [-0.3, -0.25) is 0 Å². The molecular formula is C19H23NO. The largest absolute Gasteiger partial charge is 0.492 e. The van der Waals surface area contributed by atoms with Gasteiger partial charge in [0, 0.05) is 23.4 Å². The molecule has 21 heavy (non-hydrogen) atoms. The molecule has 0 radical (unpaired) electrons. The number of hydrogen-bond acceptors (Lipinski definition) is 2. The predicted octanol–water partition coefficient (Wildman–Crippen LogP) is 4.30. The second-order valence-electron chi connectivity index (χ2n) is 5.18. The average Bonchev–Trinajstić information content (AvgIpc) is 2.52. The minimum absolute atomic E-state index is 0.260. The van der Waals surface area contributed by atoms with E-state index in [-0.39, 0.29) is 6.04 Å². The van der Waals surface area contributed by atoms with Crippen molar-refractivity contribution in [2.24, 2.45) is 0 Å². The number of benzene rings is 2. The molecule has 0 amide bonds. The molecule has 2 aromatic rings. The molecule has 2 aromatic carbocycles. The summed E-state index contributed by atoms with van der Waals surface area (Å²) in [6, 6.07) is 12.9. The average molecular weight is 281 g/mol. The minimum Gasteiger partial charge on any atom is -0.492 e. The Morgan fingerprint density at radius 3 is 2.81 bits per heavy atom. The number of nitrogens with one attached hydrogen (secondary N) is 1. The molecule has 2 nitrogen and oxygen atoms in total. The van der Waals surface area contributed by atoms with Crippen LogP contribution in [0.5, 0.6) is 5.75 Å². The lowest BCUT2D eigenvalue weighted by atomic mass is 10.0. The Hall–Kier alpha value is -1.98. The monoisotopic (exact) mass is 281 g/mol. The van der Waals surface area contributed by atoms with Crippen molar-refractivity contribution < 1.29 is 4.74 Å². The van der Waals surface area contributed by atoms with E-state index in [4.69, 9.17) is 11.2 Å². The molecule has 0 saturated heterocycles. The summed E-state index contributed by atoms with van der Waals surface area (Å²) in [4.78, 5) is 0. The molecule has 2 heteroatoms. The summed E-state index contributed by atoms with van der Waals surface area (Å²) in [5.41, 5.74) is 1.19. The number of terminal acetylenes is 1. The zero-order valence-corrected chi connectivity index (χ0v) is 12.9. The van der Waals surface area contributed by atoms with E-state index in [2.05, 4.69) is 49.4 Å². The second-order valence-corrected chi connectivity index (χ2v) is 5.18. The van der Waals surface area contributed by atoms with Crippen LogP contribution in [0.1, 0.15) is 38.3 Å². The van der Waals surface area contributed by atoms with Crippen LogP contribution in [-0.4, -0.2) is 13.2 Å². The molecule has 0 bridgehead atoms. The van der Waals surface area contributed by atoms with Crippen LogP contribution < -0.4 is 10.1 Å². The molecule has 0 spiro atoms. The van der Waals surface area contributed by atoms with E-state index < -0.39 is 0 Å². The van der Waals surface area contributed by atoms with E-state index in [1.54, 1.807) is 0 Å². The first-order chi connectivity index (χ1) is 10.3. The lowest BCUT2D eigenvalue weighted by molar-refractivity contribution is 0.324. The fourth-order valence-electron chi connectivity index (χ4n) is 2.44. The summed E-state index contributed by atoms with van der Waals surface area (Å²) in [5, 5.41) is 5.87. The molecule has 1 unspecified atom stereocenters. The van der Waals surface area contributed by atoms with Gasteiger partial charge in [-0.15, -0.1) is 12.3 Å². The lowest BCUT2D eigenvalue weighted by Crippen LogP contribution is -2.20. The summed E-state index contributed by atoms with van der Waals surface area (Å²) < 4.78 is 6.01. The normalized spacial score (nSPS) is 12.0. The molecule has 1 atom stereocenters. The van der Waals surface area contributed by atoms with Crippen molar-refractivity contribution in [2.75, 3.05) is 13.2 Å². The maximum atomic E-state index is 6.01. The number of rotatable bonds is 7. The zero-order chi connectivity index (χ0) is 15.1. The van der Waals surface area contributed by atoms with Crippen molar-refractivity contribution in [1.29, 1.82) is 0 Å².